The number of nitrogens with one attached hydrogen (secondary N) is 1. The smallest absolute Gasteiger partial charge is 0.253 e. The van der Waals surface area contributed by atoms with Crippen molar-refractivity contribution in [1.29, 1.82) is 0 Å². The number of carbonyl (C=O) groups is 1. The molecule has 0 fully saturated rings. The van der Waals surface area contributed by atoms with E-state index >= 15 is 0 Å². The van der Waals surface area contributed by atoms with Gasteiger partial charge in [-0.15, -0.1) is 0 Å². The van der Waals surface area contributed by atoms with E-state index in [1.54, 1.807) is 18.2 Å². The number of benzene rings is 1. The summed E-state index contributed by atoms with van der Waals surface area (Å²) in [6, 6.07) is 5.03. The molecule has 0 bridgehead atoms. The van der Waals surface area contributed by atoms with Gasteiger partial charge >= 0.3 is 0 Å². The molecule has 0 atom stereocenters. The lowest BCUT2D eigenvalue weighted by Crippen LogP contribution is -2.08. The van der Waals surface area contributed by atoms with Crippen LogP contribution in [-0.4, -0.2) is 5.24 Å². The molecule has 0 unspecified atom stereocenters. The molecule has 0 radical (unpaired) electrons. The quantitative estimate of drug-likeness (QED) is 0.479. The molecule has 0 aliphatic rings. The zero-order valence-electron chi connectivity index (χ0n) is 5.97. The molecule has 64 valence electrons. The van der Waals surface area contributed by atoms with E-state index in [9.17, 15) is 4.79 Å². The van der Waals surface area contributed by atoms with Crippen molar-refractivity contribution in [3.8, 4) is 0 Å². The highest BCUT2D eigenvalue weighted by Gasteiger charge is 2.09. The lowest BCUT2D eigenvalue weighted by atomic mass is 10.2. The average Bonchev–Trinajstić information content (AvgIpc) is 2.04. The largest absolute Gasteiger partial charge is 0.323 e. The SMILES string of the molecule is NNc1cccc(C(=O)Cl)c1Br. The molecule has 1 rings (SSSR count). The standard InChI is InChI=1S/C7H6BrClN2O/c8-6-4(7(9)12)2-1-3-5(6)11-10/h1-3,11H,10H2. The van der Waals surface area contributed by atoms with Gasteiger partial charge in [0.1, 0.15) is 0 Å². The summed E-state index contributed by atoms with van der Waals surface area (Å²) in [7, 11) is 0. The molecule has 1 aromatic carbocycles. The number of hydrazine groups is 1. The lowest BCUT2D eigenvalue weighted by molar-refractivity contribution is 0.108. The van der Waals surface area contributed by atoms with Crippen molar-refractivity contribution in [2.24, 2.45) is 5.84 Å². The van der Waals surface area contributed by atoms with E-state index in [-0.39, 0.29) is 0 Å². The Hall–Kier alpha value is -0.580. The van der Waals surface area contributed by atoms with Crippen LogP contribution in [-0.2, 0) is 0 Å². The Morgan fingerprint density at radius 1 is 1.58 bits per heavy atom. The van der Waals surface area contributed by atoms with E-state index in [0.29, 0.717) is 15.7 Å². The zero-order valence-corrected chi connectivity index (χ0v) is 8.32. The third-order valence-electron chi connectivity index (χ3n) is 1.37. The van der Waals surface area contributed by atoms with E-state index in [2.05, 4.69) is 21.4 Å². The fourth-order valence-electron chi connectivity index (χ4n) is 0.795. The Kier molecular flexibility index (Phi) is 3.08. The highest BCUT2D eigenvalue weighted by atomic mass is 79.9. The topological polar surface area (TPSA) is 55.1 Å². The molecular formula is C7H6BrClN2O. The van der Waals surface area contributed by atoms with Gasteiger partial charge in [-0.2, -0.15) is 0 Å². The van der Waals surface area contributed by atoms with Crippen molar-refractivity contribution in [3.63, 3.8) is 0 Å². The van der Waals surface area contributed by atoms with Gasteiger partial charge in [-0.05, 0) is 39.7 Å². The first-order valence-electron chi connectivity index (χ1n) is 3.11. The van der Waals surface area contributed by atoms with Crippen LogP contribution in [0.15, 0.2) is 22.7 Å². The number of carbonyl (C=O) groups excluding carboxylic acids is 1. The van der Waals surface area contributed by atoms with Crippen molar-refractivity contribution < 1.29 is 4.79 Å². The summed E-state index contributed by atoms with van der Waals surface area (Å²) in [4.78, 5) is 10.8. The third kappa shape index (κ3) is 1.77. The van der Waals surface area contributed by atoms with E-state index in [1.807, 2.05) is 0 Å². The van der Waals surface area contributed by atoms with Gasteiger partial charge in [0.2, 0.25) is 0 Å². The molecule has 0 aliphatic carbocycles. The van der Waals surface area contributed by atoms with Crippen LogP contribution in [0, 0.1) is 0 Å². The van der Waals surface area contributed by atoms with E-state index in [4.69, 9.17) is 17.4 Å². The van der Waals surface area contributed by atoms with Crippen LogP contribution >= 0.6 is 27.5 Å². The van der Waals surface area contributed by atoms with Gasteiger partial charge in [0.05, 0.1) is 15.7 Å². The van der Waals surface area contributed by atoms with Crippen LogP contribution < -0.4 is 11.3 Å². The van der Waals surface area contributed by atoms with Crippen molar-refractivity contribution in [1.82, 2.24) is 0 Å². The summed E-state index contributed by atoms with van der Waals surface area (Å²) < 4.78 is 0.576. The Labute approximate surface area is 83.0 Å². The highest BCUT2D eigenvalue weighted by molar-refractivity contribution is 9.10. The predicted octanol–water partition coefficient (Wildman–Crippen LogP) is 2.11. The number of halogens is 2. The maximum atomic E-state index is 10.8. The zero-order chi connectivity index (χ0) is 9.14. The molecule has 1 aromatic rings. The van der Waals surface area contributed by atoms with Gasteiger partial charge in [0.25, 0.3) is 5.24 Å². The van der Waals surface area contributed by atoms with Gasteiger partial charge in [-0.3, -0.25) is 10.6 Å². The Morgan fingerprint density at radius 3 is 2.75 bits per heavy atom. The second kappa shape index (κ2) is 3.89. The molecule has 3 nitrogen and oxygen atoms in total. The number of hydrogen-bond acceptors (Lipinski definition) is 3. The molecule has 12 heavy (non-hydrogen) atoms. The number of rotatable bonds is 2. The lowest BCUT2D eigenvalue weighted by Gasteiger charge is -2.04. The highest BCUT2D eigenvalue weighted by Crippen LogP contribution is 2.26. The Balaban J connectivity index is 3.23. The first-order chi connectivity index (χ1) is 5.66. The molecule has 0 spiro atoms. The van der Waals surface area contributed by atoms with Crippen LogP contribution in [0.1, 0.15) is 10.4 Å². The van der Waals surface area contributed by atoms with Crippen LogP contribution in [0.4, 0.5) is 5.69 Å². The summed E-state index contributed by atoms with van der Waals surface area (Å²) in [5, 5.41) is -0.515. The molecule has 0 saturated heterocycles. The summed E-state index contributed by atoms with van der Waals surface area (Å²) >= 11 is 8.49. The molecule has 5 heteroatoms. The summed E-state index contributed by atoms with van der Waals surface area (Å²) in [6.45, 7) is 0. The molecule has 0 aliphatic heterocycles. The van der Waals surface area contributed by atoms with Gasteiger partial charge in [-0.1, -0.05) is 6.07 Å². The maximum Gasteiger partial charge on any atom is 0.253 e. The number of nitrogen functional groups attached to an aromatic ring is 1. The van der Waals surface area contributed by atoms with Crippen LogP contribution in [0.3, 0.4) is 0 Å². The molecule has 0 heterocycles. The van der Waals surface area contributed by atoms with Crippen LogP contribution in [0.5, 0.6) is 0 Å². The van der Waals surface area contributed by atoms with E-state index in [0.717, 1.165) is 0 Å². The van der Waals surface area contributed by atoms with Crippen LogP contribution in [0.25, 0.3) is 0 Å². The van der Waals surface area contributed by atoms with Crippen molar-refractivity contribution in [3.05, 3.63) is 28.2 Å². The maximum absolute atomic E-state index is 10.8. The summed E-state index contributed by atoms with van der Waals surface area (Å²) in [6.07, 6.45) is 0. The van der Waals surface area contributed by atoms with Gasteiger partial charge in [0, 0.05) is 0 Å². The van der Waals surface area contributed by atoms with Crippen molar-refractivity contribution in [2.45, 2.75) is 0 Å². The van der Waals surface area contributed by atoms with E-state index in [1.165, 1.54) is 0 Å². The monoisotopic (exact) mass is 248 g/mol. The molecular weight excluding hydrogens is 243 g/mol. The summed E-state index contributed by atoms with van der Waals surface area (Å²) in [5.74, 6) is 5.19. The normalized spacial score (nSPS) is 9.58. The average molecular weight is 249 g/mol. The minimum Gasteiger partial charge on any atom is -0.323 e. The predicted molar refractivity (Wildman–Crippen MR) is 52.1 cm³/mol. The fraction of sp³-hybridized carbons (Fsp3) is 0. The first-order valence-corrected chi connectivity index (χ1v) is 4.29. The molecule has 3 N–H and O–H groups in total. The minimum atomic E-state index is -0.515. The number of nitrogens with two attached hydrogens (primary N) is 1. The Morgan fingerprint density at radius 2 is 2.25 bits per heavy atom. The van der Waals surface area contributed by atoms with Crippen LogP contribution in [0.2, 0.25) is 0 Å². The molecule has 0 amide bonds. The molecule has 0 saturated carbocycles. The van der Waals surface area contributed by atoms with Crippen molar-refractivity contribution in [2.75, 3.05) is 5.43 Å². The van der Waals surface area contributed by atoms with E-state index < -0.39 is 5.24 Å². The first kappa shape index (κ1) is 9.51. The van der Waals surface area contributed by atoms with Gasteiger partial charge in [0.15, 0.2) is 0 Å². The summed E-state index contributed by atoms with van der Waals surface area (Å²) in [5.41, 5.74) is 3.45. The Bertz CT molecular complexity index is 316. The molecule has 0 aromatic heterocycles. The van der Waals surface area contributed by atoms with Gasteiger partial charge in [-0.25, -0.2) is 0 Å². The fourth-order valence-corrected chi connectivity index (χ4v) is 1.63. The minimum absolute atomic E-state index is 0.395. The second-order valence-corrected chi connectivity index (χ2v) is 3.22. The van der Waals surface area contributed by atoms with Gasteiger partial charge < -0.3 is 5.43 Å². The third-order valence-corrected chi connectivity index (χ3v) is 2.42. The van der Waals surface area contributed by atoms with Crippen molar-refractivity contribution >= 4 is 38.5 Å². The number of hydrogen-bond donors (Lipinski definition) is 2. The second-order valence-electron chi connectivity index (χ2n) is 2.09. The number of anilines is 1.